The second kappa shape index (κ2) is 6.34. The number of carbonyl (C=O) groups is 1. The summed E-state index contributed by atoms with van der Waals surface area (Å²) in [6.07, 6.45) is 5.16. The molecule has 0 fully saturated rings. The van der Waals surface area contributed by atoms with Crippen molar-refractivity contribution >= 4 is 12.3 Å². The minimum Gasteiger partial charge on any atom is -0.451 e. The van der Waals surface area contributed by atoms with Gasteiger partial charge in [-0.2, -0.15) is 4.99 Å². The number of amides is 1. The molecule has 0 aliphatic rings. The number of carbonyl (C=O) groups excluding carboxylic acids is 1. The zero-order chi connectivity index (χ0) is 9.40. The Kier molecular flexibility index (Phi) is 5.61. The molecule has 3 nitrogen and oxygen atoms in total. The van der Waals surface area contributed by atoms with Crippen molar-refractivity contribution in [2.24, 2.45) is 4.99 Å². The van der Waals surface area contributed by atoms with Crippen molar-refractivity contribution in [3.8, 4) is 0 Å². The summed E-state index contributed by atoms with van der Waals surface area (Å²) in [7, 11) is 1.29. The van der Waals surface area contributed by atoms with Gasteiger partial charge in [0.15, 0.2) is 0 Å². The lowest BCUT2D eigenvalue weighted by molar-refractivity contribution is 0.183. The minimum absolute atomic E-state index is 0.585. The molecule has 66 valence electrons. The first kappa shape index (κ1) is 10.6. The van der Waals surface area contributed by atoms with Crippen molar-refractivity contribution in [3.63, 3.8) is 0 Å². The van der Waals surface area contributed by atoms with Crippen LogP contribution < -0.4 is 0 Å². The molecule has 0 atom stereocenters. The van der Waals surface area contributed by atoms with Gasteiger partial charge in [-0.1, -0.05) is 25.7 Å². The molecule has 0 aromatic heterocycles. The van der Waals surface area contributed by atoms with E-state index in [1.54, 1.807) is 12.2 Å². The molecular weight excluding hydrogens is 154 g/mol. The molecule has 0 spiro atoms. The van der Waals surface area contributed by atoms with Gasteiger partial charge in [-0.05, 0) is 12.0 Å². The van der Waals surface area contributed by atoms with Gasteiger partial charge >= 0.3 is 6.09 Å². The molecule has 0 aliphatic carbocycles. The highest BCUT2D eigenvalue weighted by atomic mass is 16.5. The zero-order valence-electron chi connectivity index (χ0n) is 7.41. The van der Waals surface area contributed by atoms with E-state index in [2.05, 4.69) is 16.3 Å². The third kappa shape index (κ3) is 4.44. The van der Waals surface area contributed by atoms with Gasteiger partial charge in [-0.15, -0.1) is 0 Å². The average molecular weight is 167 g/mol. The van der Waals surface area contributed by atoms with E-state index in [1.807, 2.05) is 6.92 Å². The van der Waals surface area contributed by atoms with Gasteiger partial charge in [0.1, 0.15) is 0 Å². The van der Waals surface area contributed by atoms with Crippen molar-refractivity contribution in [2.45, 2.75) is 13.3 Å². The third-order valence-electron chi connectivity index (χ3n) is 1.25. The number of ether oxygens (including phenoxy) is 1. The molecule has 1 amide bonds. The lowest BCUT2D eigenvalue weighted by Crippen LogP contribution is -1.93. The van der Waals surface area contributed by atoms with E-state index in [9.17, 15) is 4.79 Å². The van der Waals surface area contributed by atoms with Crippen LogP contribution >= 0.6 is 0 Å². The van der Waals surface area contributed by atoms with E-state index >= 15 is 0 Å². The van der Waals surface area contributed by atoms with Gasteiger partial charge in [0.25, 0.3) is 0 Å². The highest BCUT2D eigenvalue weighted by Gasteiger charge is 1.92. The van der Waals surface area contributed by atoms with Crippen LogP contribution in [0.1, 0.15) is 13.3 Å². The van der Waals surface area contributed by atoms with E-state index in [0.717, 1.165) is 12.0 Å². The summed E-state index contributed by atoms with van der Waals surface area (Å²) in [5.41, 5.74) is 0.940. The Morgan fingerprint density at radius 1 is 1.67 bits per heavy atom. The lowest BCUT2D eigenvalue weighted by Gasteiger charge is -1.92. The summed E-state index contributed by atoms with van der Waals surface area (Å²) in [6.45, 7) is 5.51. The number of aliphatic imine (C=N–C) groups is 1. The number of allylic oxidation sites excluding steroid dienone is 3. The molecule has 0 aromatic rings. The van der Waals surface area contributed by atoms with Crippen LogP contribution in [-0.4, -0.2) is 19.4 Å². The van der Waals surface area contributed by atoms with Gasteiger partial charge in [-0.3, -0.25) is 0 Å². The number of hydrogen-bond acceptors (Lipinski definition) is 2. The molecule has 12 heavy (non-hydrogen) atoms. The zero-order valence-corrected chi connectivity index (χ0v) is 7.41. The van der Waals surface area contributed by atoms with E-state index in [1.165, 1.54) is 13.3 Å². The van der Waals surface area contributed by atoms with E-state index in [4.69, 9.17) is 0 Å². The van der Waals surface area contributed by atoms with E-state index in [-0.39, 0.29) is 0 Å². The molecule has 0 N–H and O–H groups in total. The van der Waals surface area contributed by atoms with Crippen LogP contribution in [-0.2, 0) is 4.74 Å². The maximum absolute atomic E-state index is 10.6. The first-order valence-corrected chi connectivity index (χ1v) is 3.68. The van der Waals surface area contributed by atoms with Crippen molar-refractivity contribution in [3.05, 3.63) is 24.3 Å². The van der Waals surface area contributed by atoms with Crippen LogP contribution in [0.2, 0.25) is 0 Å². The fourth-order valence-electron chi connectivity index (χ4n) is 0.592. The number of rotatable bonds is 3. The highest BCUT2D eigenvalue weighted by molar-refractivity contribution is 5.88. The monoisotopic (exact) mass is 167 g/mol. The Labute approximate surface area is 72.4 Å². The lowest BCUT2D eigenvalue weighted by atomic mass is 10.2. The number of methoxy groups -OCH3 is 1. The standard InChI is InChI=1S/C9H13NO2/c1-4-6-8(5-2)7-10-9(11)12-3/h4,6-7H,1,5H2,2-3H3/b8-6-,10-7+. The molecular formula is C9H13NO2. The topological polar surface area (TPSA) is 38.7 Å². The smallest absolute Gasteiger partial charge is 0.433 e. The second-order valence-corrected chi connectivity index (χ2v) is 2.06. The SMILES string of the molecule is C=C/C=C(\C=N\C(=O)OC)CC. The van der Waals surface area contributed by atoms with Gasteiger partial charge in [0.2, 0.25) is 0 Å². The Morgan fingerprint density at radius 3 is 2.75 bits per heavy atom. The molecule has 0 heterocycles. The number of hydrogen-bond donors (Lipinski definition) is 0. The van der Waals surface area contributed by atoms with Crippen LogP contribution in [0.5, 0.6) is 0 Å². The summed E-state index contributed by atoms with van der Waals surface area (Å²) in [6, 6.07) is 0. The van der Waals surface area contributed by atoms with E-state index in [0.29, 0.717) is 0 Å². The third-order valence-corrected chi connectivity index (χ3v) is 1.25. The highest BCUT2D eigenvalue weighted by Crippen LogP contribution is 1.97. The Bertz CT molecular complexity index is 217. The molecule has 0 saturated heterocycles. The number of nitrogens with zero attached hydrogens (tertiary/aromatic N) is 1. The maximum Gasteiger partial charge on any atom is 0.433 e. The predicted molar refractivity (Wildman–Crippen MR) is 49.5 cm³/mol. The summed E-state index contributed by atoms with van der Waals surface area (Å²) >= 11 is 0. The quantitative estimate of drug-likeness (QED) is 0.478. The van der Waals surface area contributed by atoms with Gasteiger partial charge in [0, 0.05) is 6.21 Å². The van der Waals surface area contributed by atoms with Crippen LogP contribution in [0.15, 0.2) is 29.3 Å². The first-order valence-electron chi connectivity index (χ1n) is 3.68. The van der Waals surface area contributed by atoms with Crippen LogP contribution in [0.4, 0.5) is 4.79 Å². The van der Waals surface area contributed by atoms with E-state index < -0.39 is 6.09 Å². The van der Waals surface area contributed by atoms with Crippen LogP contribution in [0.3, 0.4) is 0 Å². The second-order valence-electron chi connectivity index (χ2n) is 2.06. The van der Waals surface area contributed by atoms with Crippen molar-refractivity contribution in [1.29, 1.82) is 0 Å². The summed E-state index contributed by atoms with van der Waals surface area (Å²) in [5, 5.41) is 0. The molecule has 0 radical (unpaired) electrons. The molecule has 3 heteroatoms. The Morgan fingerprint density at radius 2 is 2.33 bits per heavy atom. The Hall–Kier alpha value is -1.38. The van der Waals surface area contributed by atoms with Crippen molar-refractivity contribution in [2.75, 3.05) is 7.11 Å². The molecule has 0 saturated carbocycles. The molecule has 0 rings (SSSR count). The Balaban J connectivity index is 4.19. The van der Waals surface area contributed by atoms with Crippen molar-refractivity contribution in [1.82, 2.24) is 0 Å². The fraction of sp³-hybridized carbons (Fsp3) is 0.333. The van der Waals surface area contributed by atoms with Gasteiger partial charge in [0.05, 0.1) is 7.11 Å². The summed E-state index contributed by atoms with van der Waals surface area (Å²) in [5.74, 6) is 0. The van der Waals surface area contributed by atoms with Crippen LogP contribution in [0, 0.1) is 0 Å². The predicted octanol–water partition coefficient (Wildman–Crippen LogP) is 2.35. The molecule has 0 aliphatic heterocycles. The van der Waals surface area contributed by atoms with Gasteiger partial charge < -0.3 is 4.74 Å². The minimum atomic E-state index is -0.585. The molecule has 0 bridgehead atoms. The summed E-state index contributed by atoms with van der Waals surface area (Å²) in [4.78, 5) is 14.1. The molecule has 0 unspecified atom stereocenters. The van der Waals surface area contributed by atoms with Gasteiger partial charge in [-0.25, -0.2) is 4.79 Å². The maximum atomic E-state index is 10.6. The largest absolute Gasteiger partial charge is 0.451 e. The van der Waals surface area contributed by atoms with Crippen molar-refractivity contribution < 1.29 is 9.53 Å². The first-order chi connectivity index (χ1) is 5.74. The average Bonchev–Trinajstić information content (AvgIpc) is 2.11. The molecule has 0 aromatic carbocycles. The normalized spacial score (nSPS) is 11.7. The summed E-state index contributed by atoms with van der Waals surface area (Å²) < 4.78 is 4.33. The fourth-order valence-corrected chi connectivity index (χ4v) is 0.592. The van der Waals surface area contributed by atoms with Crippen LogP contribution in [0.25, 0.3) is 0 Å².